The van der Waals surface area contributed by atoms with Gasteiger partial charge in [-0.2, -0.15) is 18.3 Å². The largest absolute Gasteiger partial charge is 0.465 e. The number of carbonyl (C=O) groups excluding carboxylic acids is 1. The van der Waals surface area contributed by atoms with Gasteiger partial charge in [0.15, 0.2) is 11.4 Å². The Bertz CT molecular complexity index is 883. The number of nitrogens with zero attached hydrogens (tertiary/aromatic N) is 3. The van der Waals surface area contributed by atoms with Crippen LogP contribution < -0.4 is 5.73 Å². The van der Waals surface area contributed by atoms with Crippen molar-refractivity contribution in [3.8, 4) is 11.3 Å². The first kappa shape index (κ1) is 23.6. The molecule has 2 atom stereocenters. The maximum atomic E-state index is 13.8. The molecule has 2 heterocycles. The Hall–Kier alpha value is -2.67. The summed E-state index contributed by atoms with van der Waals surface area (Å²) in [5, 5.41) is 12.0. The molecule has 0 bridgehead atoms. The molecule has 0 amide bonds. The van der Waals surface area contributed by atoms with Crippen LogP contribution in [0.15, 0.2) is 34.1 Å². The standard InChI is InChI=1S/C17H17BrF3N3O3.HNO2/c1-26-16(25)12-13(9-2-4-11(18)5-3-9)23-24(15(12)22)14(17(19,20)21)10-6-7-27-8-10;2-1-3/h2-5,10,14H,6-8,22H2,1H3;(H,2,3). The number of methoxy groups -OCH3 is 1. The van der Waals surface area contributed by atoms with E-state index in [2.05, 4.69) is 21.0 Å². The minimum Gasteiger partial charge on any atom is -0.465 e. The van der Waals surface area contributed by atoms with Crippen molar-refractivity contribution < 1.29 is 32.6 Å². The molecule has 0 saturated carbocycles. The number of carbonyl (C=O) groups is 1. The maximum absolute atomic E-state index is 13.8. The second kappa shape index (κ2) is 9.89. The fourth-order valence-electron chi connectivity index (χ4n) is 3.18. The molecule has 0 radical (unpaired) electrons. The molecule has 30 heavy (non-hydrogen) atoms. The van der Waals surface area contributed by atoms with Gasteiger partial charge in [-0.3, -0.25) is 0 Å². The first-order chi connectivity index (χ1) is 14.1. The van der Waals surface area contributed by atoms with Gasteiger partial charge in [0.25, 0.3) is 0 Å². The zero-order chi connectivity index (χ0) is 22.5. The van der Waals surface area contributed by atoms with Crippen LogP contribution >= 0.6 is 15.9 Å². The van der Waals surface area contributed by atoms with Gasteiger partial charge in [-0.25, -0.2) is 9.48 Å². The molecule has 1 aliphatic heterocycles. The van der Waals surface area contributed by atoms with Gasteiger partial charge in [0.2, 0.25) is 0 Å². The average Bonchev–Trinajstić information content (AvgIpc) is 3.31. The minimum atomic E-state index is -4.61. The third kappa shape index (κ3) is 5.08. The molecule has 9 nitrogen and oxygen atoms in total. The summed E-state index contributed by atoms with van der Waals surface area (Å²) >= 11 is 3.29. The normalized spacial score (nSPS) is 17.0. The number of anilines is 1. The van der Waals surface area contributed by atoms with Gasteiger partial charge in [0.1, 0.15) is 17.1 Å². The van der Waals surface area contributed by atoms with E-state index in [-0.39, 0.29) is 36.7 Å². The van der Waals surface area contributed by atoms with Crippen molar-refractivity contribution in [2.45, 2.75) is 18.6 Å². The fourth-order valence-corrected chi connectivity index (χ4v) is 3.44. The van der Waals surface area contributed by atoms with Crippen molar-refractivity contribution in [3.05, 3.63) is 39.2 Å². The van der Waals surface area contributed by atoms with E-state index in [0.717, 1.165) is 11.6 Å². The number of esters is 1. The van der Waals surface area contributed by atoms with Gasteiger partial charge in [-0.15, -0.1) is 4.91 Å². The Morgan fingerprint density at radius 1 is 1.43 bits per heavy atom. The summed E-state index contributed by atoms with van der Waals surface area (Å²) in [7, 11) is 1.14. The Morgan fingerprint density at radius 3 is 2.50 bits per heavy atom. The molecule has 164 valence electrons. The average molecular weight is 495 g/mol. The van der Waals surface area contributed by atoms with E-state index in [0.29, 0.717) is 10.2 Å². The molecule has 1 aromatic heterocycles. The van der Waals surface area contributed by atoms with Crippen molar-refractivity contribution in [3.63, 3.8) is 0 Å². The van der Waals surface area contributed by atoms with E-state index in [1.807, 2.05) is 0 Å². The number of ether oxygens (including phenoxy) is 2. The highest BCUT2D eigenvalue weighted by atomic mass is 79.9. The molecule has 3 N–H and O–H groups in total. The highest BCUT2D eigenvalue weighted by Crippen LogP contribution is 2.43. The summed E-state index contributed by atoms with van der Waals surface area (Å²) in [6.45, 7) is 0.187. The Morgan fingerprint density at radius 2 is 2.03 bits per heavy atom. The van der Waals surface area contributed by atoms with E-state index in [1.165, 1.54) is 5.34 Å². The van der Waals surface area contributed by atoms with Gasteiger partial charge in [-0.1, -0.05) is 28.1 Å². The van der Waals surface area contributed by atoms with Crippen LogP contribution in [0.3, 0.4) is 0 Å². The maximum Gasteiger partial charge on any atom is 0.411 e. The lowest BCUT2D eigenvalue weighted by Crippen LogP contribution is -2.35. The van der Waals surface area contributed by atoms with Gasteiger partial charge in [-0.05, 0) is 18.6 Å². The first-order valence-electron chi connectivity index (χ1n) is 8.49. The SMILES string of the molecule is COC(=O)c1c(-c2ccc(Br)cc2)nn(C(C2CCOC2)C(F)(F)F)c1N.O=NO. The van der Waals surface area contributed by atoms with Crippen LogP contribution in [-0.2, 0) is 9.47 Å². The molecule has 2 unspecified atom stereocenters. The lowest BCUT2D eigenvalue weighted by atomic mass is 9.98. The molecule has 1 saturated heterocycles. The van der Waals surface area contributed by atoms with Crippen molar-refractivity contribution in [2.24, 2.45) is 11.3 Å². The molecule has 0 spiro atoms. The molecule has 13 heteroatoms. The van der Waals surface area contributed by atoms with Crippen LogP contribution in [-0.4, -0.2) is 47.5 Å². The summed E-state index contributed by atoms with van der Waals surface area (Å²) in [5.41, 5.74) is 6.27. The molecule has 0 aliphatic carbocycles. The number of nitrogens with two attached hydrogens (primary N) is 1. The van der Waals surface area contributed by atoms with Crippen LogP contribution in [0, 0.1) is 10.8 Å². The van der Waals surface area contributed by atoms with E-state index >= 15 is 0 Å². The lowest BCUT2D eigenvalue weighted by molar-refractivity contribution is -0.183. The third-order valence-electron chi connectivity index (χ3n) is 4.46. The second-order valence-corrected chi connectivity index (χ2v) is 7.16. The van der Waals surface area contributed by atoms with Gasteiger partial charge >= 0.3 is 12.1 Å². The van der Waals surface area contributed by atoms with Gasteiger partial charge in [0, 0.05) is 22.6 Å². The topological polar surface area (TPSA) is 129 Å². The smallest absolute Gasteiger partial charge is 0.411 e. The summed E-state index contributed by atoms with van der Waals surface area (Å²) < 4.78 is 52.8. The summed E-state index contributed by atoms with van der Waals surface area (Å²) in [5.74, 6) is -2.07. The number of halogens is 4. The molecule has 3 rings (SSSR count). The number of rotatable bonds is 4. The monoisotopic (exact) mass is 494 g/mol. The third-order valence-corrected chi connectivity index (χ3v) is 4.99. The van der Waals surface area contributed by atoms with Gasteiger partial charge < -0.3 is 20.4 Å². The summed E-state index contributed by atoms with van der Waals surface area (Å²) in [6, 6.07) is 4.65. The second-order valence-electron chi connectivity index (χ2n) is 6.24. The predicted octanol–water partition coefficient (Wildman–Crippen LogP) is 3.96. The number of hydrogen-bond acceptors (Lipinski definition) is 7. The van der Waals surface area contributed by atoms with Crippen LogP contribution in [0.2, 0.25) is 0 Å². The number of alkyl halides is 3. The highest BCUT2D eigenvalue weighted by molar-refractivity contribution is 9.10. The summed E-state index contributed by atoms with van der Waals surface area (Å²) in [4.78, 5) is 20.3. The quantitative estimate of drug-likeness (QED) is 0.373. The van der Waals surface area contributed by atoms with E-state index < -0.39 is 24.1 Å². The van der Waals surface area contributed by atoms with Crippen LogP contribution in [0.4, 0.5) is 19.0 Å². The van der Waals surface area contributed by atoms with Crippen molar-refractivity contribution >= 4 is 27.7 Å². The Kier molecular flexibility index (Phi) is 7.78. The van der Waals surface area contributed by atoms with E-state index in [1.54, 1.807) is 24.3 Å². The molecule has 2 aromatic rings. The zero-order valence-electron chi connectivity index (χ0n) is 15.6. The van der Waals surface area contributed by atoms with Crippen LogP contribution in [0.1, 0.15) is 22.8 Å². The van der Waals surface area contributed by atoms with Gasteiger partial charge in [0.05, 0.1) is 13.7 Å². The summed E-state index contributed by atoms with van der Waals surface area (Å²) in [6.07, 6.45) is -4.38. The number of aromatic nitrogens is 2. The Balaban J connectivity index is 0.00000101. The molecular formula is C17H18BrF3N4O5. The highest BCUT2D eigenvalue weighted by Gasteiger charge is 2.49. The van der Waals surface area contributed by atoms with Crippen LogP contribution in [0.5, 0.6) is 0 Å². The lowest BCUT2D eigenvalue weighted by Gasteiger charge is -2.26. The number of benzene rings is 1. The number of nitrogen functional groups attached to an aromatic ring is 1. The first-order valence-corrected chi connectivity index (χ1v) is 9.28. The van der Waals surface area contributed by atoms with E-state index in [9.17, 15) is 18.0 Å². The molecule has 1 fully saturated rings. The van der Waals surface area contributed by atoms with Crippen molar-refractivity contribution in [1.82, 2.24) is 9.78 Å². The Labute approximate surface area is 177 Å². The zero-order valence-corrected chi connectivity index (χ0v) is 17.2. The van der Waals surface area contributed by atoms with Crippen molar-refractivity contribution in [2.75, 3.05) is 26.1 Å². The molecule has 1 aromatic carbocycles. The molecular weight excluding hydrogens is 477 g/mol. The van der Waals surface area contributed by atoms with E-state index in [4.69, 9.17) is 25.3 Å². The fraction of sp³-hybridized carbons (Fsp3) is 0.412. The van der Waals surface area contributed by atoms with Crippen LogP contribution in [0.25, 0.3) is 11.3 Å². The number of hydrogen-bond donors (Lipinski definition) is 2. The minimum absolute atomic E-state index is 0.0417. The van der Waals surface area contributed by atoms with Crippen molar-refractivity contribution in [1.29, 1.82) is 0 Å². The molecule has 1 aliphatic rings. The predicted molar refractivity (Wildman–Crippen MR) is 103 cm³/mol.